The third-order valence-corrected chi connectivity index (χ3v) is 7.66. The number of alkyl halides is 1. The summed E-state index contributed by atoms with van der Waals surface area (Å²) in [5.74, 6) is 0.552. The van der Waals surface area contributed by atoms with Gasteiger partial charge in [-0.25, -0.2) is 4.39 Å². The van der Waals surface area contributed by atoms with Gasteiger partial charge in [0.2, 0.25) is 0 Å². The number of hydrogen-bond donors (Lipinski definition) is 0. The van der Waals surface area contributed by atoms with Crippen LogP contribution in [-0.4, -0.2) is 78.2 Å². The Balaban J connectivity index is 1.31. The Kier molecular flexibility index (Phi) is 6.49. The topological polar surface area (TPSA) is 89.5 Å². The van der Waals surface area contributed by atoms with E-state index in [1.165, 1.54) is 0 Å². The first-order valence-electron chi connectivity index (χ1n) is 13.2. The molecule has 1 amide bonds. The zero-order valence-electron chi connectivity index (χ0n) is 22.0. The van der Waals surface area contributed by atoms with Gasteiger partial charge in [-0.15, -0.1) is 0 Å². The molecule has 6 rings (SSSR count). The van der Waals surface area contributed by atoms with Crippen molar-refractivity contribution in [3.63, 3.8) is 0 Å². The summed E-state index contributed by atoms with van der Waals surface area (Å²) in [4.78, 5) is 28.1. The summed E-state index contributed by atoms with van der Waals surface area (Å²) in [5, 5.41) is 9.83. The molecule has 0 N–H and O–H groups in total. The zero-order valence-corrected chi connectivity index (χ0v) is 22.0. The number of pyridine rings is 2. The Hall–Kier alpha value is -4.29. The highest BCUT2D eigenvalue weighted by Gasteiger charge is 2.25. The van der Waals surface area contributed by atoms with E-state index in [0.717, 1.165) is 35.5 Å². The Morgan fingerprint density at radius 1 is 1.10 bits per heavy atom. The van der Waals surface area contributed by atoms with Crippen LogP contribution in [0.3, 0.4) is 0 Å². The molecule has 0 bridgehead atoms. The Morgan fingerprint density at radius 3 is 2.64 bits per heavy atom. The number of hydrogen-bond acceptors (Lipinski definition) is 7. The Bertz CT molecular complexity index is 1600. The number of piperazine rings is 1. The van der Waals surface area contributed by atoms with Gasteiger partial charge in [-0.3, -0.25) is 14.8 Å². The SMILES string of the molecule is Cc1cc(C(=O)N2CCN(C)CC2)cnc1-c1cc2nccc(-c3ccc(N4CC[C@H](F)C4)c(C#N)c3)c2o1. The minimum atomic E-state index is -0.867. The van der Waals surface area contributed by atoms with Gasteiger partial charge >= 0.3 is 0 Å². The van der Waals surface area contributed by atoms with Crippen molar-refractivity contribution in [3.05, 3.63) is 65.5 Å². The summed E-state index contributed by atoms with van der Waals surface area (Å²) >= 11 is 0. The van der Waals surface area contributed by atoms with E-state index in [-0.39, 0.29) is 5.91 Å². The van der Waals surface area contributed by atoms with Gasteiger partial charge in [0.15, 0.2) is 11.3 Å². The summed E-state index contributed by atoms with van der Waals surface area (Å²) in [6.07, 6.45) is 2.94. The van der Waals surface area contributed by atoms with Gasteiger partial charge in [-0.2, -0.15) is 5.26 Å². The van der Waals surface area contributed by atoms with Crippen LogP contribution in [0.15, 0.2) is 53.2 Å². The van der Waals surface area contributed by atoms with Gasteiger partial charge in [-0.1, -0.05) is 6.07 Å². The molecular weight excluding hydrogens is 495 g/mol. The number of amides is 1. The van der Waals surface area contributed by atoms with Gasteiger partial charge in [0.25, 0.3) is 5.91 Å². The average molecular weight is 525 g/mol. The summed E-state index contributed by atoms with van der Waals surface area (Å²) in [6, 6.07) is 13.5. The van der Waals surface area contributed by atoms with Crippen LogP contribution in [0.5, 0.6) is 0 Å². The number of rotatable bonds is 4. The minimum Gasteiger partial charge on any atom is -0.452 e. The van der Waals surface area contributed by atoms with E-state index in [4.69, 9.17) is 4.42 Å². The lowest BCUT2D eigenvalue weighted by Gasteiger charge is -2.32. The molecule has 39 heavy (non-hydrogen) atoms. The summed E-state index contributed by atoms with van der Waals surface area (Å²) < 4.78 is 20.1. The number of aromatic nitrogens is 2. The molecule has 0 spiro atoms. The summed E-state index contributed by atoms with van der Waals surface area (Å²) in [5.41, 5.74) is 6.18. The van der Waals surface area contributed by atoms with Crippen LogP contribution in [0.4, 0.5) is 10.1 Å². The largest absolute Gasteiger partial charge is 0.452 e. The van der Waals surface area contributed by atoms with Crippen molar-refractivity contribution in [3.8, 4) is 28.7 Å². The lowest BCUT2D eigenvalue weighted by Crippen LogP contribution is -2.47. The lowest BCUT2D eigenvalue weighted by molar-refractivity contribution is 0.0663. The van der Waals surface area contributed by atoms with E-state index >= 15 is 0 Å². The average Bonchev–Trinajstić information content (AvgIpc) is 3.58. The second-order valence-corrected chi connectivity index (χ2v) is 10.3. The lowest BCUT2D eigenvalue weighted by atomic mass is 10.0. The van der Waals surface area contributed by atoms with Gasteiger partial charge < -0.3 is 19.1 Å². The minimum absolute atomic E-state index is 0.00785. The molecule has 8 nitrogen and oxygen atoms in total. The predicted octanol–water partition coefficient (Wildman–Crippen LogP) is 4.67. The molecule has 0 saturated carbocycles. The second-order valence-electron chi connectivity index (χ2n) is 10.3. The molecule has 0 unspecified atom stereocenters. The van der Waals surface area contributed by atoms with E-state index in [1.54, 1.807) is 12.4 Å². The monoisotopic (exact) mass is 524 g/mol. The number of nitriles is 1. The molecule has 3 aromatic heterocycles. The third-order valence-electron chi connectivity index (χ3n) is 7.66. The third kappa shape index (κ3) is 4.72. The maximum Gasteiger partial charge on any atom is 0.255 e. The molecule has 198 valence electrons. The van der Waals surface area contributed by atoms with Gasteiger partial charge in [0.1, 0.15) is 23.5 Å². The summed E-state index contributed by atoms with van der Waals surface area (Å²) in [6.45, 7) is 5.96. The molecule has 2 saturated heterocycles. The van der Waals surface area contributed by atoms with Crippen molar-refractivity contribution in [2.45, 2.75) is 19.5 Å². The predicted molar refractivity (Wildman–Crippen MR) is 147 cm³/mol. The number of carbonyl (C=O) groups excluding carboxylic acids is 1. The summed E-state index contributed by atoms with van der Waals surface area (Å²) in [7, 11) is 2.06. The van der Waals surface area contributed by atoms with Crippen molar-refractivity contribution in [2.75, 3.05) is 51.2 Å². The van der Waals surface area contributed by atoms with Gasteiger partial charge in [-0.05, 0) is 55.8 Å². The number of carbonyl (C=O) groups is 1. The zero-order chi connectivity index (χ0) is 27.1. The van der Waals surface area contributed by atoms with Crippen molar-refractivity contribution >= 4 is 22.7 Å². The highest BCUT2D eigenvalue weighted by atomic mass is 19.1. The first-order chi connectivity index (χ1) is 18.9. The molecule has 2 fully saturated rings. The molecule has 1 atom stereocenters. The van der Waals surface area contributed by atoms with Crippen LogP contribution in [0.25, 0.3) is 33.7 Å². The first-order valence-corrected chi connectivity index (χ1v) is 13.2. The number of halogens is 1. The quantitative estimate of drug-likeness (QED) is 0.383. The molecule has 4 aromatic rings. The van der Waals surface area contributed by atoms with Gasteiger partial charge in [0, 0.05) is 63.3 Å². The normalized spacial score (nSPS) is 18.1. The highest BCUT2D eigenvalue weighted by molar-refractivity contribution is 5.95. The number of anilines is 1. The maximum atomic E-state index is 13.8. The Morgan fingerprint density at radius 2 is 1.92 bits per heavy atom. The van der Waals surface area contributed by atoms with Crippen LogP contribution in [-0.2, 0) is 0 Å². The molecule has 2 aliphatic heterocycles. The number of benzene rings is 1. The number of nitrogens with zero attached hydrogens (tertiary/aromatic N) is 6. The fourth-order valence-corrected chi connectivity index (χ4v) is 5.43. The molecule has 5 heterocycles. The number of likely N-dealkylation sites (N-methyl/N-ethyl adjacent to an activating group) is 1. The molecular formula is C30H29FN6O2. The number of aryl methyl sites for hydroxylation is 1. The van der Waals surface area contributed by atoms with Crippen LogP contribution >= 0.6 is 0 Å². The highest BCUT2D eigenvalue weighted by Crippen LogP contribution is 2.36. The maximum absolute atomic E-state index is 13.8. The van der Waals surface area contributed by atoms with Crippen LogP contribution in [0, 0.1) is 18.3 Å². The molecule has 0 radical (unpaired) electrons. The van der Waals surface area contributed by atoms with Crippen molar-refractivity contribution in [1.29, 1.82) is 5.26 Å². The molecule has 1 aromatic carbocycles. The molecule has 9 heteroatoms. The molecule has 0 aliphatic carbocycles. The first kappa shape index (κ1) is 25.0. The smallest absolute Gasteiger partial charge is 0.255 e. The van der Waals surface area contributed by atoms with E-state index in [2.05, 4.69) is 28.0 Å². The van der Waals surface area contributed by atoms with Crippen LogP contribution in [0.2, 0.25) is 0 Å². The van der Waals surface area contributed by atoms with Crippen molar-refractivity contribution in [1.82, 2.24) is 19.8 Å². The van der Waals surface area contributed by atoms with Gasteiger partial charge in [0.05, 0.1) is 16.8 Å². The van der Waals surface area contributed by atoms with E-state index in [0.29, 0.717) is 66.3 Å². The van der Waals surface area contributed by atoms with Crippen LogP contribution < -0.4 is 4.90 Å². The van der Waals surface area contributed by atoms with E-state index < -0.39 is 6.17 Å². The fraction of sp³-hybridized carbons (Fsp3) is 0.333. The van der Waals surface area contributed by atoms with Crippen molar-refractivity contribution < 1.29 is 13.6 Å². The number of fused-ring (bicyclic) bond motifs is 1. The fourth-order valence-electron chi connectivity index (χ4n) is 5.43. The van der Waals surface area contributed by atoms with Crippen LogP contribution in [0.1, 0.15) is 27.9 Å². The van der Waals surface area contributed by atoms with E-state index in [9.17, 15) is 14.4 Å². The Labute approximate surface area is 226 Å². The standard InChI is InChI=1S/C30H29FN6O2/c1-19-13-22(30(38)36-11-9-35(2)10-12-36)17-34-28(19)27-15-25-29(39-27)24(5-7-33-25)20-3-4-26(21(14-20)16-32)37-8-6-23(31)18-37/h3-5,7,13-15,17,23H,6,8-12,18H2,1-2H3/t23-/m0/s1. The molecule has 2 aliphatic rings. The number of furan rings is 1. The second kappa shape index (κ2) is 10.1. The van der Waals surface area contributed by atoms with Crippen molar-refractivity contribution in [2.24, 2.45) is 0 Å². The van der Waals surface area contributed by atoms with E-state index in [1.807, 2.05) is 53.1 Å².